The monoisotopic (exact) mass is 454 g/mol. The summed E-state index contributed by atoms with van der Waals surface area (Å²) in [5.41, 5.74) is 7.40. The molecule has 0 radical (unpaired) electrons. The van der Waals surface area contributed by atoms with E-state index in [1.807, 2.05) is 85.7 Å². The SMILES string of the molecule is O=C(/C=C\C=C\C(=O)O[NH2+]Cc1cccc2ccccc12)O[NH2+]Cc1cccc2c1[CH+]C=C[CH+]2. The molecule has 0 bridgehead atoms. The number of hydrogen-bond donors (Lipinski definition) is 2. The molecule has 0 aromatic heterocycles. The maximum atomic E-state index is 11.9. The Bertz CT molecular complexity index is 1260. The maximum absolute atomic E-state index is 11.9. The average molecular weight is 455 g/mol. The Balaban J connectivity index is 1.16. The molecular formula is C28H26N2O4+4. The summed E-state index contributed by atoms with van der Waals surface area (Å²) in [6.07, 6.45) is 13.5. The van der Waals surface area contributed by atoms with Crippen molar-refractivity contribution in [3.8, 4) is 0 Å². The third-order valence-corrected chi connectivity index (χ3v) is 5.34. The summed E-state index contributed by atoms with van der Waals surface area (Å²) in [6.45, 7) is 1.02. The predicted octanol–water partition coefficient (Wildman–Crippen LogP) is 2.37. The third kappa shape index (κ3) is 6.16. The molecule has 1 aliphatic rings. The van der Waals surface area contributed by atoms with Crippen molar-refractivity contribution >= 4 is 22.7 Å². The van der Waals surface area contributed by atoms with Crippen molar-refractivity contribution in [3.05, 3.63) is 132 Å². The van der Waals surface area contributed by atoms with E-state index in [1.54, 1.807) is 0 Å². The van der Waals surface area contributed by atoms with E-state index >= 15 is 0 Å². The van der Waals surface area contributed by atoms with Crippen LogP contribution in [0.15, 0.2) is 97.1 Å². The highest BCUT2D eigenvalue weighted by Crippen LogP contribution is 2.22. The van der Waals surface area contributed by atoms with Gasteiger partial charge in [0.25, 0.3) is 0 Å². The van der Waals surface area contributed by atoms with Gasteiger partial charge in [-0.05, 0) is 10.8 Å². The van der Waals surface area contributed by atoms with E-state index in [-0.39, 0.29) is 0 Å². The lowest BCUT2D eigenvalue weighted by Crippen LogP contribution is -2.82. The van der Waals surface area contributed by atoms with Crippen molar-refractivity contribution in [2.24, 2.45) is 0 Å². The molecule has 168 valence electrons. The van der Waals surface area contributed by atoms with Crippen LogP contribution in [0.3, 0.4) is 0 Å². The van der Waals surface area contributed by atoms with E-state index in [4.69, 9.17) is 9.68 Å². The molecule has 0 saturated heterocycles. The molecule has 0 saturated carbocycles. The summed E-state index contributed by atoms with van der Waals surface area (Å²) in [4.78, 5) is 34.1. The van der Waals surface area contributed by atoms with Gasteiger partial charge < -0.3 is 0 Å². The van der Waals surface area contributed by atoms with E-state index in [0.29, 0.717) is 13.1 Å². The van der Waals surface area contributed by atoms with Gasteiger partial charge in [0.1, 0.15) is 24.9 Å². The van der Waals surface area contributed by atoms with Gasteiger partial charge in [-0.1, -0.05) is 54.6 Å². The standard InChI is InChI=1S/C28H24N2O4/c31-27(33-29-19-23-13-7-11-21-9-1-3-15-25(21)23)17-5-6-18-28(32)34-30-20-24-14-8-12-22-10-2-4-16-26(22)24/h1-18,29-30H,19-20H2/q+2/p+2/b17-5-,18-6+. The Morgan fingerprint density at radius 3 is 2.15 bits per heavy atom. The molecule has 0 amide bonds. The van der Waals surface area contributed by atoms with Crippen LogP contribution >= 0.6 is 0 Å². The Morgan fingerprint density at radius 1 is 0.735 bits per heavy atom. The van der Waals surface area contributed by atoms with Gasteiger partial charge in [0, 0.05) is 29.8 Å². The third-order valence-electron chi connectivity index (χ3n) is 5.34. The number of hydrogen-bond acceptors (Lipinski definition) is 4. The van der Waals surface area contributed by atoms with Crippen LogP contribution in [-0.2, 0) is 32.4 Å². The summed E-state index contributed by atoms with van der Waals surface area (Å²) in [7, 11) is 0. The Morgan fingerprint density at radius 2 is 1.35 bits per heavy atom. The van der Waals surface area contributed by atoms with Crippen LogP contribution in [-0.4, -0.2) is 11.9 Å². The van der Waals surface area contributed by atoms with Crippen LogP contribution in [0, 0.1) is 12.8 Å². The number of allylic oxidation sites excluding steroid dienone is 4. The molecule has 6 nitrogen and oxygen atoms in total. The van der Waals surface area contributed by atoms with Crippen LogP contribution in [0.25, 0.3) is 10.8 Å². The van der Waals surface area contributed by atoms with Crippen molar-refractivity contribution in [1.29, 1.82) is 0 Å². The number of quaternary nitrogens is 2. The molecule has 0 spiro atoms. The van der Waals surface area contributed by atoms with Crippen LogP contribution in [0.5, 0.6) is 0 Å². The molecule has 0 aliphatic heterocycles. The van der Waals surface area contributed by atoms with Crippen molar-refractivity contribution in [1.82, 2.24) is 0 Å². The minimum absolute atomic E-state index is 0.510. The van der Waals surface area contributed by atoms with Gasteiger partial charge in [-0.15, -0.1) is 5.48 Å². The second kappa shape index (κ2) is 11.6. The summed E-state index contributed by atoms with van der Waals surface area (Å²) in [5, 5.41) is 2.28. The first-order valence-corrected chi connectivity index (χ1v) is 11.0. The van der Waals surface area contributed by atoms with Crippen molar-refractivity contribution in [2.75, 3.05) is 0 Å². The first-order valence-electron chi connectivity index (χ1n) is 11.0. The summed E-state index contributed by atoms with van der Waals surface area (Å²) in [6, 6.07) is 20.1. The number of nitrogens with two attached hydrogens (primary N) is 2. The fraction of sp³-hybridized carbons (Fsp3) is 0.0714. The average Bonchev–Trinajstić information content (AvgIpc) is 2.87. The second-order valence-corrected chi connectivity index (χ2v) is 7.61. The van der Waals surface area contributed by atoms with Crippen molar-refractivity contribution in [2.45, 2.75) is 13.1 Å². The molecule has 3 aromatic carbocycles. The summed E-state index contributed by atoms with van der Waals surface area (Å²) >= 11 is 0. The molecule has 6 heteroatoms. The smallest absolute Gasteiger partial charge is 0.275 e. The quantitative estimate of drug-likeness (QED) is 0.225. The van der Waals surface area contributed by atoms with Gasteiger partial charge in [0.2, 0.25) is 0 Å². The molecule has 0 fully saturated rings. The highest BCUT2D eigenvalue weighted by Gasteiger charge is 2.26. The zero-order valence-corrected chi connectivity index (χ0v) is 18.6. The van der Waals surface area contributed by atoms with Gasteiger partial charge in [0.05, 0.1) is 18.2 Å². The van der Waals surface area contributed by atoms with E-state index in [2.05, 4.69) is 0 Å². The van der Waals surface area contributed by atoms with Crippen molar-refractivity contribution < 1.29 is 30.2 Å². The van der Waals surface area contributed by atoms with Gasteiger partial charge >= 0.3 is 11.9 Å². The van der Waals surface area contributed by atoms with E-state index < -0.39 is 11.9 Å². The minimum Gasteiger partial charge on any atom is -0.275 e. The zero-order chi connectivity index (χ0) is 23.6. The number of hydroxylamine groups is 2. The molecule has 4 rings (SSSR count). The highest BCUT2D eigenvalue weighted by molar-refractivity contribution is 5.85. The lowest BCUT2D eigenvalue weighted by Gasteiger charge is -2.04. The van der Waals surface area contributed by atoms with Crippen LogP contribution in [0.1, 0.15) is 22.3 Å². The number of carbonyl (C=O) groups is 2. The van der Waals surface area contributed by atoms with Crippen LogP contribution in [0.2, 0.25) is 0 Å². The molecule has 0 heterocycles. The normalized spacial score (nSPS) is 12.4. The van der Waals surface area contributed by atoms with Gasteiger partial charge in [-0.3, -0.25) is 9.68 Å². The maximum Gasteiger partial charge on any atom is 0.390 e. The van der Waals surface area contributed by atoms with Crippen LogP contribution in [0.4, 0.5) is 0 Å². The molecule has 1 aliphatic carbocycles. The van der Waals surface area contributed by atoms with E-state index in [9.17, 15) is 9.59 Å². The predicted molar refractivity (Wildman–Crippen MR) is 128 cm³/mol. The molecular weight excluding hydrogens is 428 g/mol. The van der Waals surface area contributed by atoms with Crippen molar-refractivity contribution in [3.63, 3.8) is 0 Å². The Labute approximate surface area is 198 Å². The zero-order valence-electron chi connectivity index (χ0n) is 18.6. The number of fused-ring (bicyclic) bond motifs is 2. The Hall–Kier alpha value is -4.26. The minimum atomic E-state index is -0.513. The largest absolute Gasteiger partial charge is 0.390 e. The lowest BCUT2D eigenvalue weighted by atomic mass is 9.92. The molecule has 0 unspecified atom stereocenters. The number of carbonyl (C=O) groups excluding carboxylic acids is 2. The number of rotatable bonds is 9. The fourth-order valence-electron chi connectivity index (χ4n) is 3.71. The first kappa shape index (κ1) is 22.9. The van der Waals surface area contributed by atoms with E-state index in [1.165, 1.54) is 35.3 Å². The van der Waals surface area contributed by atoms with Gasteiger partial charge in [0.15, 0.2) is 17.7 Å². The fourth-order valence-corrected chi connectivity index (χ4v) is 3.71. The van der Waals surface area contributed by atoms with Gasteiger partial charge in [-0.25, -0.2) is 9.59 Å². The topological polar surface area (TPSA) is 85.8 Å². The molecule has 34 heavy (non-hydrogen) atoms. The number of benzene rings is 3. The molecule has 3 aromatic rings. The van der Waals surface area contributed by atoms with Gasteiger partial charge in [-0.2, -0.15) is 5.48 Å². The molecule has 0 atom stereocenters. The molecule has 4 N–H and O–H groups in total. The first-order chi connectivity index (χ1) is 16.7. The Kier molecular flexibility index (Phi) is 7.79. The summed E-state index contributed by atoms with van der Waals surface area (Å²) in [5.74, 6) is -1.03. The van der Waals surface area contributed by atoms with Crippen LogP contribution < -0.4 is 11.0 Å². The second-order valence-electron chi connectivity index (χ2n) is 7.61. The van der Waals surface area contributed by atoms with E-state index in [0.717, 1.165) is 33.0 Å². The highest BCUT2D eigenvalue weighted by atomic mass is 16.7. The lowest BCUT2D eigenvalue weighted by molar-refractivity contribution is -0.884. The summed E-state index contributed by atoms with van der Waals surface area (Å²) < 4.78 is 0.